The lowest BCUT2D eigenvalue weighted by Crippen LogP contribution is -2.23. The minimum absolute atomic E-state index is 0.145. The van der Waals surface area contributed by atoms with E-state index in [2.05, 4.69) is 10.3 Å². The van der Waals surface area contributed by atoms with Gasteiger partial charge in [0.25, 0.3) is 0 Å². The molecule has 1 atom stereocenters. The zero-order valence-corrected chi connectivity index (χ0v) is 11.2. The van der Waals surface area contributed by atoms with Crippen LogP contribution in [0.4, 0.5) is 10.2 Å². The fourth-order valence-corrected chi connectivity index (χ4v) is 2.07. The molecule has 2 aromatic rings. The molecule has 3 nitrogen and oxygen atoms in total. The smallest absolute Gasteiger partial charge is 0.128 e. The molecular weight excluding hydrogens is 241 g/mol. The van der Waals surface area contributed by atoms with Crippen molar-refractivity contribution in [3.8, 4) is 0 Å². The Labute approximate surface area is 112 Å². The average molecular weight is 259 g/mol. The summed E-state index contributed by atoms with van der Waals surface area (Å²) in [5.74, 6) is 0.261. The normalized spacial score (nSPS) is 12.4. The number of halogens is 1. The molecule has 0 fully saturated rings. The number of nitrogens with zero attached hydrogens (tertiary/aromatic N) is 1. The molecule has 0 amide bonds. The number of benzene rings is 1. The third-order valence-electron chi connectivity index (χ3n) is 3.12. The van der Waals surface area contributed by atoms with Crippen LogP contribution in [-0.2, 0) is 0 Å². The van der Waals surface area contributed by atoms with Crippen LogP contribution in [0.5, 0.6) is 0 Å². The van der Waals surface area contributed by atoms with Crippen LogP contribution in [0.3, 0.4) is 0 Å². The Hall–Kier alpha value is -1.94. The molecule has 100 valence electrons. The second-order valence-corrected chi connectivity index (χ2v) is 4.48. The summed E-state index contributed by atoms with van der Waals surface area (Å²) in [4.78, 5) is 4.09. The van der Waals surface area contributed by atoms with Gasteiger partial charge >= 0.3 is 0 Å². The summed E-state index contributed by atoms with van der Waals surface area (Å²) in [6.45, 7) is 4.51. The molecule has 0 aliphatic heterocycles. The van der Waals surface area contributed by atoms with Crippen LogP contribution in [-0.4, -0.2) is 11.5 Å². The summed E-state index contributed by atoms with van der Waals surface area (Å²) >= 11 is 0. The number of hydrogen-bond donors (Lipinski definition) is 2. The maximum absolute atomic E-state index is 13.7. The fraction of sp³-hybridized carbons (Fsp3) is 0.267. The van der Waals surface area contributed by atoms with Crippen molar-refractivity contribution in [1.82, 2.24) is 10.3 Å². The van der Waals surface area contributed by atoms with E-state index in [9.17, 15) is 4.39 Å². The Morgan fingerprint density at radius 1 is 1.37 bits per heavy atom. The molecule has 4 heteroatoms. The molecule has 1 heterocycles. The predicted octanol–water partition coefficient (Wildman–Crippen LogP) is 2.81. The average Bonchev–Trinajstić information content (AvgIpc) is 2.40. The highest BCUT2D eigenvalue weighted by Crippen LogP contribution is 2.26. The van der Waals surface area contributed by atoms with Gasteiger partial charge in [-0.15, -0.1) is 0 Å². The third kappa shape index (κ3) is 2.90. The molecule has 1 unspecified atom stereocenters. The highest BCUT2D eigenvalue weighted by Gasteiger charge is 2.17. The van der Waals surface area contributed by atoms with Gasteiger partial charge in [-0.25, -0.2) is 9.37 Å². The van der Waals surface area contributed by atoms with E-state index in [1.54, 1.807) is 25.3 Å². The SMILES string of the molecule is CCNC(c1ccc(C)c(F)c1)c1cccnc1N. The van der Waals surface area contributed by atoms with Crippen LogP contribution >= 0.6 is 0 Å². The summed E-state index contributed by atoms with van der Waals surface area (Å²) in [6, 6.07) is 8.84. The van der Waals surface area contributed by atoms with Gasteiger partial charge in [0.1, 0.15) is 11.6 Å². The fourth-order valence-electron chi connectivity index (χ4n) is 2.07. The summed E-state index contributed by atoms with van der Waals surface area (Å²) in [5.41, 5.74) is 8.27. The van der Waals surface area contributed by atoms with Crippen LogP contribution in [0.1, 0.15) is 29.7 Å². The first-order valence-electron chi connectivity index (χ1n) is 6.33. The van der Waals surface area contributed by atoms with Crippen LogP contribution in [0.2, 0.25) is 0 Å². The maximum atomic E-state index is 13.7. The molecule has 2 rings (SSSR count). The first kappa shape index (κ1) is 13.5. The van der Waals surface area contributed by atoms with Crippen molar-refractivity contribution in [3.05, 3.63) is 59.0 Å². The van der Waals surface area contributed by atoms with Gasteiger partial charge in [-0.2, -0.15) is 0 Å². The molecule has 0 aliphatic rings. The lowest BCUT2D eigenvalue weighted by Gasteiger charge is -2.20. The molecule has 0 saturated heterocycles. The van der Waals surface area contributed by atoms with Crippen molar-refractivity contribution in [2.24, 2.45) is 0 Å². The first-order valence-corrected chi connectivity index (χ1v) is 6.33. The van der Waals surface area contributed by atoms with E-state index in [-0.39, 0.29) is 11.9 Å². The minimum atomic E-state index is -0.206. The summed E-state index contributed by atoms with van der Waals surface area (Å²) in [5, 5.41) is 3.32. The number of rotatable bonds is 4. The highest BCUT2D eigenvalue weighted by atomic mass is 19.1. The molecule has 0 spiro atoms. The molecule has 1 aromatic carbocycles. The Kier molecular flexibility index (Phi) is 4.12. The Morgan fingerprint density at radius 2 is 2.16 bits per heavy atom. The van der Waals surface area contributed by atoms with E-state index in [1.807, 2.05) is 25.1 Å². The van der Waals surface area contributed by atoms with Crippen molar-refractivity contribution in [1.29, 1.82) is 0 Å². The standard InChI is InChI=1S/C15H18FN3/c1-3-18-14(12-5-4-8-19-15(12)17)11-7-6-10(2)13(16)9-11/h4-9,14,18H,3H2,1-2H3,(H2,17,19). The van der Waals surface area contributed by atoms with E-state index >= 15 is 0 Å². The van der Waals surface area contributed by atoms with Crippen LogP contribution in [0.25, 0.3) is 0 Å². The Morgan fingerprint density at radius 3 is 2.79 bits per heavy atom. The monoisotopic (exact) mass is 259 g/mol. The quantitative estimate of drug-likeness (QED) is 0.887. The van der Waals surface area contributed by atoms with Crippen LogP contribution < -0.4 is 11.1 Å². The van der Waals surface area contributed by atoms with Gasteiger partial charge in [0.05, 0.1) is 6.04 Å². The second-order valence-electron chi connectivity index (χ2n) is 4.48. The Balaban J connectivity index is 2.45. The van der Waals surface area contributed by atoms with Crippen molar-refractivity contribution in [3.63, 3.8) is 0 Å². The topological polar surface area (TPSA) is 50.9 Å². The number of hydrogen-bond acceptors (Lipinski definition) is 3. The predicted molar refractivity (Wildman–Crippen MR) is 75.3 cm³/mol. The van der Waals surface area contributed by atoms with E-state index in [0.717, 1.165) is 17.7 Å². The van der Waals surface area contributed by atoms with E-state index in [4.69, 9.17) is 5.73 Å². The molecule has 0 saturated carbocycles. The molecular formula is C15H18FN3. The number of aryl methyl sites for hydroxylation is 1. The summed E-state index contributed by atoms with van der Waals surface area (Å²) in [7, 11) is 0. The summed E-state index contributed by atoms with van der Waals surface area (Å²) < 4.78 is 13.7. The first-order chi connectivity index (χ1) is 9.13. The molecule has 0 radical (unpaired) electrons. The van der Waals surface area contributed by atoms with Gasteiger partial charge in [0.2, 0.25) is 0 Å². The number of anilines is 1. The Bertz CT molecular complexity index is 569. The van der Waals surface area contributed by atoms with Gasteiger partial charge in [-0.1, -0.05) is 25.1 Å². The molecule has 3 N–H and O–H groups in total. The zero-order valence-electron chi connectivity index (χ0n) is 11.2. The summed E-state index contributed by atoms with van der Waals surface area (Å²) in [6.07, 6.45) is 1.65. The van der Waals surface area contributed by atoms with Gasteiger partial charge in [-0.3, -0.25) is 0 Å². The number of nitrogens with two attached hydrogens (primary N) is 1. The van der Waals surface area contributed by atoms with Gasteiger partial charge in [0, 0.05) is 11.8 Å². The number of pyridine rings is 1. The number of aromatic nitrogens is 1. The van der Waals surface area contributed by atoms with Crippen molar-refractivity contribution in [2.45, 2.75) is 19.9 Å². The van der Waals surface area contributed by atoms with Crippen LogP contribution in [0, 0.1) is 12.7 Å². The van der Waals surface area contributed by atoms with E-state index < -0.39 is 0 Å². The second kappa shape index (κ2) is 5.80. The highest BCUT2D eigenvalue weighted by molar-refractivity contribution is 5.45. The number of nitrogen functional groups attached to an aromatic ring is 1. The lowest BCUT2D eigenvalue weighted by atomic mass is 9.98. The largest absolute Gasteiger partial charge is 0.383 e. The molecule has 19 heavy (non-hydrogen) atoms. The van der Waals surface area contributed by atoms with Crippen molar-refractivity contribution in [2.75, 3.05) is 12.3 Å². The minimum Gasteiger partial charge on any atom is -0.383 e. The van der Waals surface area contributed by atoms with Crippen molar-refractivity contribution >= 4 is 5.82 Å². The molecule has 0 bridgehead atoms. The molecule has 0 aliphatic carbocycles. The maximum Gasteiger partial charge on any atom is 0.128 e. The van der Waals surface area contributed by atoms with Crippen molar-refractivity contribution < 1.29 is 4.39 Å². The van der Waals surface area contributed by atoms with Gasteiger partial charge in [-0.05, 0) is 36.7 Å². The van der Waals surface area contributed by atoms with E-state index in [0.29, 0.717) is 11.4 Å². The molecule has 1 aromatic heterocycles. The van der Waals surface area contributed by atoms with Crippen LogP contribution in [0.15, 0.2) is 36.5 Å². The lowest BCUT2D eigenvalue weighted by molar-refractivity contribution is 0.597. The van der Waals surface area contributed by atoms with Gasteiger partial charge in [0.15, 0.2) is 0 Å². The zero-order chi connectivity index (χ0) is 13.8. The van der Waals surface area contributed by atoms with Gasteiger partial charge < -0.3 is 11.1 Å². The van der Waals surface area contributed by atoms with E-state index in [1.165, 1.54) is 0 Å². The third-order valence-corrected chi connectivity index (χ3v) is 3.12. The number of nitrogens with one attached hydrogen (secondary N) is 1.